The van der Waals surface area contributed by atoms with Gasteiger partial charge in [-0.25, -0.2) is 22.2 Å². The molecule has 0 radical (unpaired) electrons. The van der Waals surface area contributed by atoms with Gasteiger partial charge in [-0.05, 0) is 37.6 Å². The Hall–Kier alpha value is -3.27. The largest absolute Gasteiger partial charge is 0.477 e. The van der Waals surface area contributed by atoms with Gasteiger partial charge in [0.25, 0.3) is 10.0 Å². The minimum absolute atomic E-state index is 0.0430. The summed E-state index contributed by atoms with van der Waals surface area (Å²) in [5.74, 6) is -1.21. The second-order valence-corrected chi connectivity index (χ2v) is 9.40. The van der Waals surface area contributed by atoms with E-state index in [9.17, 15) is 18.3 Å². The third-order valence-corrected chi connectivity index (χ3v) is 7.23. The Kier molecular flexibility index (Phi) is 6.20. The van der Waals surface area contributed by atoms with E-state index < -0.39 is 16.0 Å². The van der Waals surface area contributed by atoms with Crippen LogP contribution in [0.15, 0.2) is 53.6 Å². The van der Waals surface area contributed by atoms with E-state index in [1.165, 1.54) is 17.3 Å². The number of fused-ring (bicyclic) bond motifs is 3. The lowest BCUT2D eigenvalue weighted by atomic mass is 10.0. The van der Waals surface area contributed by atoms with Gasteiger partial charge in [0.1, 0.15) is 0 Å². The van der Waals surface area contributed by atoms with Crippen molar-refractivity contribution in [1.82, 2.24) is 8.96 Å². The molecule has 2 aromatic carbocycles. The third kappa shape index (κ3) is 3.88. The number of carboxylic acids is 1. The van der Waals surface area contributed by atoms with Gasteiger partial charge < -0.3 is 14.6 Å². The maximum absolute atomic E-state index is 13.8. The number of ether oxygens (including phenoxy) is 2. The molecule has 4 rings (SSSR count). The average Bonchev–Trinajstić information content (AvgIpc) is 3.14. The summed E-state index contributed by atoms with van der Waals surface area (Å²) < 4.78 is 39.8. The second-order valence-electron chi connectivity index (χ2n) is 7.61. The summed E-state index contributed by atoms with van der Waals surface area (Å²) in [5, 5.41) is 10.8. The topological polar surface area (TPSA) is 108 Å². The molecule has 4 aromatic rings. The van der Waals surface area contributed by atoms with E-state index in [1.54, 1.807) is 36.4 Å². The van der Waals surface area contributed by atoms with Crippen molar-refractivity contribution >= 4 is 37.8 Å². The van der Waals surface area contributed by atoms with Gasteiger partial charge in [-0.3, -0.25) is 0 Å². The zero-order valence-corrected chi connectivity index (χ0v) is 19.3. The zero-order valence-electron chi connectivity index (χ0n) is 18.5. The number of aromatic nitrogens is 2. The molecule has 0 unspecified atom stereocenters. The molecule has 0 fully saturated rings. The standard InChI is InChI=1S/C24H24N2O6S/c1-4-32-13-16-6-5-7-19-21(16)22-18(14-31-3)23(24(27)28)25-12-20(22)26(19)33(29,30)17-10-8-15(2)9-11-17/h5-12H,4,13-14H2,1-3H3,(H,27,28). The van der Waals surface area contributed by atoms with Crippen LogP contribution in [0.1, 0.15) is 34.1 Å². The molecule has 0 aliphatic rings. The molecule has 9 heteroatoms. The molecular formula is C24H24N2O6S. The average molecular weight is 469 g/mol. The summed E-state index contributed by atoms with van der Waals surface area (Å²) >= 11 is 0. The zero-order chi connectivity index (χ0) is 23.8. The van der Waals surface area contributed by atoms with Crippen LogP contribution in [0.2, 0.25) is 0 Å². The Morgan fingerprint density at radius 2 is 1.79 bits per heavy atom. The van der Waals surface area contributed by atoms with Crippen LogP contribution >= 0.6 is 0 Å². The first kappa shape index (κ1) is 22.9. The fourth-order valence-electron chi connectivity index (χ4n) is 4.02. The highest BCUT2D eigenvalue weighted by Gasteiger charge is 2.28. The molecule has 2 heterocycles. The van der Waals surface area contributed by atoms with Crippen molar-refractivity contribution in [2.45, 2.75) is 32.0 Å². The predicted octanol–water partition coefficient (Wildman–Crippen LogP) is 4.12. The van der Waals surface area contributed by atoms with Gasteiger partial charge in [0.05, 0.1) is 35.3 Å². The summed E-state index contributed by atoms with van der Waals surface area (Å²) in [4.78, 5) is 16.1. The van der Waals surface area contributed by atoms with E-state index >= 15 is 0 Å². The van der Waals surface area contributed by atoms with Gasteiger partial charge in [-0.15, -0.1) is 0 Å². The number of hydrogen-bond acceptors (Lipinski definition) is 6. The second kappa shape index (κ2) is 8.93. The molecule has 172 valence electrons. The lowest BCUT2D eigenvalue weighted by Gasteiger charge is -2.11. The molecule has 1 N–H and O–H groups in total. The lowest BCUT2D eigenvalue weighted by molar-refractivity contribution is 0.0685. The highest BCUT2D eigenvalue weighted by molar-refractivity contribution is 7.90. The van der Waals surface area contributed by atoms with Crippen LogP contribution in [0, 0.1) is 6.92 Å². The molecule has 0 saturated heterocycles. The van der Waals surface area contributed by atoms with Gasteiger partial charge in [-0.1, -0.05) is 29.8 Å². The number of hydrogen-bond donors (Lipinski definition) is 1. The Morgan fingerprint density at radius 3 is 2.42 bits per heavy atom. The van der Waals surface area contributed by atoms with Gasteiger partial charge in [0, 0.05) is 30.1 Å². The molecule has 0 aliphatic carbocycles. The van der Waals surface area contributed by atoms with Crippen LogP contribution in [0.4, 0.5) is 0 Å². The maximum atomic E-state index is 13.8. The summed E-state index contributed by atoms with van der Waals surface area (Å²) in [7, 11) is -2.57. The quantitative estimate of drug-likeness (QED) is 0.414. The summed E-state index contributed by atoms with van der Waals surface area (Å²) in [6.07, 6.45) is 1.30. The van der Waals surface area contributed by atoms with Crippen LogP contribution in [0.5, 0.6) is 0 Å². The first-order valence-electron chi connectivity index (χ1n) is 10.4. The molecule has 0 saturated carbocycles. The predicted molar refractivity (Wildman–Crippen MR) is 124 cm³/mol. The number of pyridine rings is 1. The number of rotatable bonds is 8. The van der Waals surface area contributed by atoms with Crippen LogP contribution < -0.4 is 0 Å². The van der Waals surface area contributed by atoms with E-state index in [2.05, 4.69) is 4.98 Å². The summed E-state index contributed by atoms with van der Waals surface area (Å²) in [5.41, 5.74) is 2.52. The van der Waals surface area contributed by atoms with Gasteiger partial charge in [0.15, 0.2) is 5.69 Å². The molecule has 2 aromatic heterocycles. The summed E-state index contributed by atoms with van der Waals surface area (Å²) in [6.45, 7) is 4.43. The Morgan fingerprint density at radius 1 is 1.06 bits per heavy atom. The number of nitrogens with zero attached hydrogens (tertiary/aromatic N) is 2. The van der Waals surface area contributed by atoms with E-state index in [-0.39, 0.29) is 29.3 Å². The van der Waals surface area contributed by atoms with Crippen LogP contribution in [0.25, 0.3) is 21.8 Å². The molecule has 0 aliphatic heterocycles. The van der Waals surface area contributed by atoms with Crippen molar-refractivity contribution in [2.75, 3.05) is 13.7 Å². The van der Waals surface area contributed by atoms with E-state index in [1.807, 2.05) is 19.9 Å². The Balaban J connectivity index is 2.18. The summed E-state index contributed by atoms with van der Waals surface area (Å²) in [6, 6.07) is 11.9. The fraction of sp³-hybridized carbons (Fsp3) is 0.250. The number of aryl methyl sites for hydroxylation is 1. The number of aromatic carboxylic acids is 1. The molecule has 0 bridgehead atoms. The van der Waals surface area contributed by atoms with E-state index in [4.69, 9.17) is 9.47 Å². The molecule has 0 spiro atoms. The van der Waals surface area contributed by atoms with Gasteiger partial charge in [-0.2, -0.15) is 0 Å². The van der Waals surface area contributed by atoms with Crippen molar-refractivity contribution in [3.63, 3.8) is 0 Å². The van der Waals surface area contributed by atoms with Crippen LogP contribution in [-0.2, 0) is 32.7 Å². The maximum Gasteiger partial charge on any atom is 0.354 e. The minimum Gasteiger partial charge on any atom is -0.477 e. The van der Waals surface area contributed by atoms with Crippen molar-refractivity contribution in [3.05, 3.63) is 71.0 Å². The monoisotopic (exact) mass is 468 g/mol. The molecule has 0 amide bonds. The molecular weight excluding hydrogens is 444 g/mol. The SMILES string of the molecule is CCOCc1cccc2c1c1c(COC)c(C(=O)O)ncc1n2S(=O)(=O)c1ccc(C)cc1. The van der Waals surface area contributed by atoms with Gasteiger partial charge >= 0.3 is 5.97 Å². The Labute approximate surface area is 191 Å². The first-order chi connectivity index (χ1) is 15.8. The van der Waals surface area contributed by atoms with Crippen LogP contribution in [0.3, 0.4) is 0 Å². The first-order valence-corrected chi connectivity index (χ1v) is 11.8. The van der Waals surface area contributed by atoms with Gasteiger partial charge in [0.2, 0.25) is 0 Å². The Bertz CT molecular complexity index is 1460. The van der Waals surface area contributed by atoms with Crippen molar-refractivity contribution in [3.8, 4) is 0 Å². The fourth-order valence-corrected chi connectivity index (χ4v) is 5.52. The number of methoxy groups -OCH3 is 1. The number of carbonyl (C=O) groups is 1. The molecule has 0 atom stereocenters. The normalized spacial score (nSPS) is 12.0. The molecule has 8 nitrogen and oxygen atoms in total. The van der Waals surface area contributed by atoms with Crippen molar-refractivity contribution < 1.29 is 27.8 Å². The number of carboxylic acid groups (broad SMARTS) is 1. The lowest BCUT2D eigenvalue weighted by Crippen LogP contribution is -2.14. The third-order valence-electron chi connectivity index (χ3n) is 5.49. The highest BCUT2D eigenvalue weighted by Crippen LogP contribution is 2.37. The van der Waals surface area contributed by atoms with E-state index in [0.717, 1.165) is 11.1 Å². The smallest absolute Gasteiger partial charge is 0.354 e. The minimum atomic E-state index is -4.02. The number of benzene rings is 2. The van der Waals surface area contributed by atoms with Crippen molar-refractivity contribution in [1.29, 1.82) is 0 Å². The van der Waals surface area contributed by atoms with Crippen molar-refractivity contribution in [2.24, 2.45) is 0 Å². The highest BCUT2D eigenvalue weighted by atomic mass is 32.2. The van der Waals surface area contributed by atoms with E-state index in [0.29, 0.717) is 28.5 Å². The van der Waals surface area contributed by atoms with Crippen LogP contribution in [-0.4, -0.2) is 42.2 Å². The molecule has 33 heavy (non-hydrogen) atoms.